The number of nitro groups is 1. The van der Waals surface area contributed by atoms with Crippen LogP contribution >= 0.6 is 11.6 Å². The van der Waals surface area contributed by atoms with Crippen molar-refractivity contribution in [3.8, 4) is 0 Å². The molecule has 0 unspecified atom stereocenters. The van der Waals surface area contributed by atoms with E-state index in [9.17, 15) is 10.1 Å². The van der Waals surface area contributed by atoms with Crippen molar-refractivity contribution in [3.63, 3.8) is 0 Å². The van der Waals surface area contributed by atoms with Crippen molar-refractivity contribution in [3.05, 3.63) is 62.9 Å². The Morgan fingerprint density at radius 3 is 2.84 bits per heavy atom. The second-order valence-corrected chi connectivity index (χ2v) is 4.26. The molecular weight excluding hydrogens is 268 g/mol. The van der Waals surface area contributed by atoms with Crippen LogP contribution in [0, 0.1) is 10.1 Å². The van der Waals surface area contributed by atoms with E-state index in [-0.39, 0.29) is 5.69 Å². The zero-order chi connectivity index (χ0) is 13.7. The van der Waals surface area contributed by atoms with Gasteiger partial charge in [0.25, 0.3) is 5.69 Å². The number of aromatic nitrogens is 2. The van der Waals surface area contributed by atoms with E-state index in [1.807, 2.05) is 6.07 Å². The molecule has 0 radical (unpaired) electrons. The molecule has 0 saturated heterocycles. The van der Waals surface area contributed by atoms with E-state index < -0.39 is 4.92 Å². The second kappa shape index (κ2) is 6.21. The fourth-order valence-corrected chi connectivity index (χ4v) is 1.75. The molecule has 0 fully saturated rings. The summed E-state index contributed by atoms with van der Waals surface area (Å²) < 4.78 is 0. The molecule has 0 saturated carbocycles. The molecule has 98 valence electrons. The van der Waals surface area contributed by atoms with E-state index >= 15 is 0 Å². The average molecular weight is 279 g/mol. The molecule has 0 spiro atoms. The summed E-state index contributed by atoms with van der Waals surface area (Å²) in [6.45, 7) is 0.948. The Kier molecular flexibility index (Phi) is 4.38. The topological polar surface area (TPSA) is 81.0 Å². The third kappa shape index (κ3) is 3.70. The first kappa shape index (κ1) is 13.4. The van der Waals surface area contributed by atoms with Gasteiger partial charge in [0.15, 0.2) is 0 Å². The number of hydrogen-bond acceptors (Lipinski definition) is 5. The van der Waals surface area contributed by atoms with Crippen molar-refractivity contribution < 1.29 is 4.92 Å². The highest BCUT2D eigenvalue weighted by atomic mass is 35.5. The Labute approximate surface area is 114 Å². The van der Waals surface area contributed by atoms with Crippen molar-refractivity contribution in [1.29, 1.82) is 0 Å². The molecule has 0 amide bonds. The van der Waals surface area contributed by atoms with Gasteiger partial charge >= 0.3 is 0 Å². The monoisotopic (exact) mass is 278 g/mol. The fourth-order valence-electron chi connectivity index (χ4n) is 1.56. The maximum Gasteiger partial charge on any atom is 0.269 e. The quantitative estimate of drug-likeness (QED) is 0.670. The number of benzene rings is 1. The van der Waals surface area contributed by atoms with Crippen LogP contribution in [0.3, 0.4) is 0 Å². The molecule has 1 aromatic heterocycles. The Hall–Kier alpha value is -2.05. The van der Waals surface area contributed by atoms with Crippen LogP contribution in [0.5, 0.6) is 0 Å². The predicted octanol–water partition coefficient (Wildman–Crippen LogP) is 2.33. The van der Waals surface area contributed by atoms with Crippen molar-refractivity contribution in [2.75, 3.05) is 0 Å². The molecule has 0 atom stereocenters. The lowest BCUT2D eigenvalue weighted by Crippen LogP contribution is -2.14. The Morgan fingerprint density at radius 2 is 2.16 bits per heavy atom. The van der Waals surface area contributed by atoms with Crippen LogP contribution in [0.15, 0.2) is 36.5 Å². The molecule has 2 rings (SSSR count). The summed E-state index contributed by atoms with van der Waals surface area (Å²) in [6, 6.07) is 8.01. The highest BCUT2D eigenvalue weighted by Crippen LogP contribution is 2.21. The summed E-state index contributed by atoms with van der Waals surface area (Å²) >= 11 is 5.99. The standard InChI is InChI=1S/C12H11ClN4O2/c13-12-4-3-11(17(18)19)6-9(12)7-14-8-10-2-1-5-15-16-10/h1-6,14H,7-8H2. The van der Waals surface area contributed by atoms with Gasteiger partial charge in [-0.3, -0.25) is 10.1 Å². The van der Waals surface area contributed by atoms with Gasteiger partial charge in [-0.1, -0.05) is 11.6 Å². The molecule has 2 aromatic rings. The number of rotatable bonds is 5. The lowest BCUT2D eigenvalue weighted by Gasteiger charge is -2.06. The minimum Gasteiger partial charge on any atom is -0.307 e. The van der Waals surface area contributed by atoms with Crippen LogP contribution < -0.4 is 5.32 Å². The largest absolute Gasteiger partial charge is 0.307 e. The van der Waals surface area contributed by atoms with E-state index in [0.717, 1.165) is 5.69 Å². The minimum absolute atomic E-state index is 0.0284. The first-order chi connectivity index (χ1) is 9.16. The maximum absolute atomic E-state index is 10.7. The third-order valence-electron chi connectivity index (χ3n) is 2.49. The lowest BCUT2D eigenvalue weighted by atomic mass is 10.2. The van der Waals surface area contributed by atoms with E-state index in [1.54, 1.807) is 12.3 Å². The van der Waals surface area contributed by atoms with Crippen LogP contribution in [0.25, 0.3) is 0 Å². The number of non-ortho nitro benzene ring substituents is 1. The molecule has 0 aliphatic heterocycles. The molecule has 19 heavy (non-hydrogen) atoms. The fraction of sp³-hybridized carbons (Fsp3) is 0.167. The summed E-state index contributed by atoms with van der Waals surface area (Å²) in [5, 5.41) is 22.0. The summed E-state index contributed by atoms with van der Waals surface area (Å²) in [6.07, 6.45) is 1.60. The van der Waals surface area contributed by atoms with Crippen LogP contribution in [-0.2, 0) is 13.1 Å². The SMILES string of the molecule is O=[N+]([O-])c1ccc(Cl)c(CNCc2cccnn2)c1. The summed E-state index contributed by atoms with van der Waals surface area (Å²) in [7, 11) is 0. The molecule has 7 heteroatoms. The molecule has 0 bridgehead atoms. The molecule has 6 nitrogen and oxygen atoms in total. The molecule has 0 aliphatic carbocycles. The van der Waals surface area contributed by atoms with E-state index in [0.29, 0.717) is 23.7 Å². The third-order valence-corrected chi connectivity index (χ3v) is 2.86. The van der Waals surface area contributed by atoms with Crippen LogP contribution in [0.2, 0.25) is 5.02 Å². The highest BCUT2D eigenvalue weighted by Gasteiger charge is 2.09. The van der Waals surface area contributed by atoms with Crippen molar-refractivity contribution in [1.82, 2.24) is 15.5 Å². The van der Waals surface area contributed by atoms with Gasteiger partial charge in [0.2, 0.25) is 0 Å². The van der Waals surface area contributed by atoms with Gasteiger partial charge < -0.3 is 5.32 Å². The van der Waals surface area contributed by atoms with Gasteiger partial charge in [0.1, 0.15) is 0 Å². The molecule has 1 aromatic carbocycles. The average Bonchev–Trinajstić information content (AvgIpc) is 2.42. The maximum atomic E-state index is 10.7. The molecule has 1 N–H and O–H groups in total. The zero-order valence-corrected chi connectivity index (χ0v) is 10.7. The Morgan fingerprint density at radius 1 is 1.32 bits per heavy atom. The van der Waals surface area contributed by atoms with Crippen molar-refractivity contribution >= 4 is 17.3 Å². The minimum atomic E-state index is -0.442. The number of nitro benzene ring substituents is 1. The molecular formula is C12H11ClN4O2. The van der Waals surface area contributed by atoms with Crippen molar-refractivity contribution in [2.45, 2.75) is 13.1 Å². The van der Waals surface area contributed by atoms with Crippen LogP contribution in [0.1, 0.15) is 11.3 Å². The van der Waals surface area contributed by atoms with E-state index in [1.165, 1.54) is 18.2 Å². The number of nitrogens with one attached hydrogen (secondary N) is 1. The molecule has 0 aliphatic rings. The first-order valence-corrected chi connectivity index (χ1v) is 5.95. The van der Waals surface area contributed by atoms with Gasteiger partial charge in [-0.15, -0.1) is 0 Å². The predicted molar refractivity (Wildman–Crippen MR) is 70.7 cm³/mol. The Balaban J connectivity index is 1.99. The van der Waals surface area contributed by atoms with Gasteiger partial charge in [-0.2, -0.15) is 10.2 Å². The summed E-state index contributed by atoms with van der Waals surface area (Å²) in [5.74, 6) is 0. The van der Waals surface area contributed by atoms with Crippen LogP contribution in [0.4, 0.5) is 5.69 Å². The van der Waals surface area contributed by atoms with E-state index in [2.05, 4.69) is 15.5 Å². The zero-order valence-electron chi connectivity index (χ0n) is 9.91. The molecule has 1 heterocycles. The van der Waals surface area contributed by atoms with Gasteiger partial charge in [0.05, 0.1) is 10.6 Å². The van der Waals surface area contributed by atoms with Gasteiger partial charge in [0, 0.05) is 36.4 Å². The number of nitrogens with zero attached hydrogens (tertiary/aromatic N) is 3. The normalized spacial score (nSPS) is 10.4. The number of halogens is 1. The van der Waals surface area contributed by atoms with E-state index in [4.69, 9.17) is 11.6 Å². The van der Waals surface area contributed by atoms with Gasteiger partial charge in [-0.05, 0) is 23.8 Å². The number of hydrogen-bond donors (Lipinski definition) is 1. The first-order valence-electron chi connectivity index (χ1n) is 5.57. The van der Waals surface area contributed by atoms with Gasteiger partial charge in [-0.25, -0.2) is 0 Å². The van der Waals surface area contributed by atoms with Crippen LogP contribution in [-0.4, -0.2) is 15.1 Å². The Bertz CT molecular complexity index is 577. The highest BCUT2D eigenvalue weighted by molar-refractivity contribution is 6.31. The summed E-state index contributed by atoms with van der Waals surface area (Å²) in [4.78, 5) is 10.2. The summed E-state index contributed by atoms with van der Waals surface area (Å²) in [5.41, 5.74) is 1.50. The smallest absolute Gasteiger partial charge is 0.269 e. The second-order valence-electron chi connectivity index (χ2n) is 3.85. The lowest BCUT2D eigenvalue weighted by molar-refractivity contribution is -0.384. The van der Waals surface area contributed by atoms with Crippen molar-refractivity contribution in [2.24, 2.45) is 0 Å².